The van der Waals surface area contributed by atoms with Gasteiger partial charge in [0.15, 0.2) is 5.96 Å². The number of guanidine groups is 1. The third-order valence-corrected chi connectivity index (χ3v) is 3.85. The van der Waals surface area contributed by atoms with Gasteiger partial charge < -0.3 is 15.2 Å². The van der Waals surface area contributed by atoms with Crippen molar-refractivity contribution >= 4 is 29.9 Å². The number of aromatic nitrogens is 5. The van der Waals surface area contributed by atoms with Crippen LogP contribution in [0.15, 0.2) is 54.0 Å². The lowest BCUT2D eigenvalue weighted by atomic mass is 10.2. The van der Waals surface area contributed by atoms with E-state index in [1.54, 1.807) is 11.7 Å². The first-order valence-electron chi connectivity index (χ1n) is 8.07. The fraction of sp³-hybridized carbons (Fsp3) is 0.294. The smallest absolute Gasteiger partial charge is 0.191 e. The summed E-state index contributed by atoms with van der Waals surface area (Å²) < 4.78 is 3.85. The molecule has 0 atom stereocenters. The zero-order chi connectivity index (χ0) is 17.5. The van der Waals surface area contributed by atoms with Crippen LogP contribution in [0.1, 0.15) is 17.2 Å². The molecule has 2 aromatic heterocycles. The Hall–Kier alpha value is -2.43. The first-order chi connectivity index (χ1) is 12.3. The fourth-order valence-electron chi connectivity index (χ4n) is 2.46. The van der Waals surface area contributed by atoms with Gasteiger partial charge in [0.25, 0.3) is 0 Å². The lowest BCUT2D eigenvalue weighted by molar-refractivity contribution is 0.660. The van der Waals surface area contributed by atoms with Gasteiger partial charge in [-0.15, -0.1) is 24.0 Å². The molecule has 3 aromatic rings. The topological polar surface area (TPSA) is 84.9 Å². The second kappa shape index (κ2) is 9.90. The number of aryl methyl sites for hydroxylation is 1. The Labute approximate surface area is 169 Å². The van der Waals surface area contributed by atoms with Crippen LogP contribution in [-0.4, -0.2) is 37.3 Å². The Balaban J connectivity index is 0.00000243. The molecule has 0 bridgehead atoms. The molecule has 26 heavy (non-hydrogen) atoms. The highest BCUT2D eigenvalue weighted by Crippen LogP contribution is 2.05. The average molecular weight is 466 g/mol. The van der Waals surface area contributed by atoms with E-state index in [2.05, 4.69) is 47.4 Å². The molecule has 0 unspecified atom stereocenters. The summed E-state index contributed by atoms with van der Waals surface area (Å²) in [6.45, 7) is 1.93. The SMILES string of the molecule is CN=C(NCc1nccn1Cc1ccccc1)NCc1ncnn1C.I. The molecule has 0 aliphatic heterocycles. The second-order valence-corrected chi connectivity index (χ2v) is 5.54. The third kappa shape index (κ3) is 5.28. The molecule has 0 fully saturated rings. The molecule has 1 aromatic carbocycles. The Morgan fingerprint density at radius 3 is 2.46 bits per heavy atom. The molecule has 0 aliphatic carbocycles. The number of aliphatic imine (C=N–C) groups is 1. The number of rotatable bonds is 6. The van der Waals surface area contributed by atoms with Crippen molar-refractivity contribution in [2.45, 2.75) is 19.6 Å². The molecule has 0 spiro atoms. The van der Waals surface area contributed by atoms with Gasteiger partial charge in [0, 0.05) is 33.0 Å². The van der Waals surface area contributed by atoms with Crippen LogP contribution >= 0.6 is 24.0 Å². The van der Waals surface area contributed by atoms with Crippen LogP contribution < -0.4 is 10.6 Å². The summed E-state index contributed by atoms with van der Waals surface area (Å²) >= 11 is 0. The van der Waals surface area contributed by atoms with Gasteiger partial charge in [-0.05, 0) is 5.56 Å². The van der Waals surface area contributed by atoms with E-state index in [9.17, 15) is 0 Å². The number of hydrogen-bond acceptors (Lipinski definition) is 4. The van der Waals surface area contributed by atoms with Crippen LogP contribution in [0, 0.1) is 0 Å². The van der Waals surface area contributed by atoms with Gasteiger partial charge >= 0.3 is 0 Å². The van der Waals surface area contributed by atoms with Crippen LogP contribution in [0.2, 0.25) is 0 Å². The Kier molecular flexibility index (Phi) is 7.57. The molecule has 2 N–H and O–H groups in total. The molecule has 0 aliphatic rings. The molecule has 0 saturated carbocycles. The molecule has 0 amide bonds. The first kappa shape index (κ1) is 19.9. The second-order valence-electron chi connectivity index (χ2n) is 5.54. The minimum atomic E-state index is 0. The summed E-state index contributed by atoms with van der Waals surface area (Å²) in [6.07, 6.45) is 5.34. The zero-order valence-corrected chi connectivity index (χ0v) is 17.2. The molecule has 9 heteroatoms. The molecular formula is C17H23IN8. The van der Waals surface area contributed by atoms with Crippen molar-refractivity contribution in [2.24, 2.45) is 12.0 Å². The van der Waals surface area contributed by atoms with Crippen LogP contribution in [0.3, 0.4) is 0 Å². The number of hydrogen-bond donors (Lipinski definition) is 2. The average Bonchev–Trinajstić information content (AvgIpc) is 3.25. The van der Waals surface area contributed by atoms with E-state index < -0.39 is 0 Å². The molecule has 2 heterocycles. The van der Waals surface area contributed by atoms with E-state index in [1.807, 2.05) is 37.6 Å². The quantitative estimate of drug-likeness (QED) is 0.327. The molecule has 0 saturated heterocycles. The van der Waals surface area contributed by atoms with Gasteiger partial charge in [-0.3, -0.25) is 9.67 Å². The summed E-state index contributed by atoms with van der Waals surface area (Å²) in [4.78, 5) is 12.8. The molecular weight excluding hydrogens is 443 g/mol. The highest BCUT2D eigenvalue weighted by Gasteiger charge is 2.06. The van der Waals surface area contributed by atoms with Crippen molar-refractivity contribution < 1.29 is 0 Å². The van der Waals surface area contributed by atoms with Crippen LogP contribution in [0.5, 0.6) is 0 Å². The number of nitrogens with zero attached hydrogens (tertiary/aromatic N) is 6. The predicted molar refractivity (Wildman–Crippen MR) is 111 cm³/mol. The van der Waals surface area contributed by atoms with Gasteiger partial charge in [0.1, 0.15) is 18.0 Å². The van der Waals surface area contributed by atoms with Crippen LogP contribution in [0.25, 0.3) is 0 Å². The Morgan fingerprint density at radius 2 is 1.81 bits per heavy atom. The number of benzene rings is 1. The summed E-state index contributed by atoms with van der Waals surface area (Å²) in [5, 5.41) is 10.6. The van der Waals surface area contributed by atoms with E-state index in [1.165, 1.54) is 11.9 Å². The van der Waals surface area contributed by atoms with Gasteiger partial charge in [-0.2, -0.15) is 5.10 Å². The molecule has 0 radical (unpaired) electrons. The number of imidazole rings is 1. The van der Waals surface area contributed by atoms with Crippen LogP contribution in [-0.2, 0) is 26.7 Å². The summed E-state index contributed by atoms with van der Waals surface area (Å²) in [5.74, 6) is 2.48. The van der Waals surface area contributed by atoms with Crippen molar-refractivity contribution in [3.63, 3.8) is 0 Å². The lowest BCUT2D eigenvalue weighted by Crippen LogP contribution is -2.37. The normalized spacial score (nSPS) is 11.1. The Morgan fingerprint density at radius 1 is 1.08 bits per heavy atom. The highest BCUT2D eigenvalue weighted by atomic mass is 127. The van der Waals surface area contributed by atoms with E-state index in [-0.39, 0.29) is 24.0 Å². The van der Waals surface area contributed by atoms with Gasteiger partial charge in [-0.25, -0.2) is 9.97 Å². The summed E-state index contributed by atoms with van der Waals surface area (Å²) in [6, 6.07) is 10.3. The van der Waals surface area contributed by atoms with Gasteiger partial charge in [0.2, 0.25) is 0 Å². The minimum absolute atomic E-state index is 0. The number of halogens is 1. The van der Waals surface area contributed by atoms with Gasteiger partial charge in [0.05, 0.1) is 13.1 Å². The van der Waals surface area contributed by atoms with E-state index in [4.69, 9.17) is 0 Å². The van der Waals surface area contributed by atoms with E-state index in [0.29, 0.717) is 19.0 Å². The molecule has 8 nitrogen and oxygen atoms in total. The van der Waals surface area contributed by atoms with Crippen molar-refractivity contribution in [2.75, 3.05) is 7.05 Å². The van der Waals surface area contributed by atoms with Crippen molar-refractivity contribution in [1.29, 1.82) is 0 Å². The van der Waals surface area contributed by atoms with Crippen molar-refractivity contribution in [3.8, 4) is 0 Å². The fourth-order valence-corrected chi connectivity index (χ4v) is 2.46. The highest BCUT2D eigenvalue weighted by molar-refractivity contribution is 14.0. The van der Waals surface area contributed by atoms with E-state index in [0.717, 1.165) is 18.2 Å². The monoisotopic (exact) mass is 466 g/mol. The maximum Gasteiger partial charge on any atom is 0.191 e. The molecule has 3 rings (SSSR count). The summed E-state index contributed by atoms with van der Waals surface area (Å²) in [7, 11) is 3.60. The van der Waals surface area contributed by atoms with Crippen molar-refractivity contribution in [3.05, 3.63) is 66.3 Å². The first-order valence-corrected chi connectivity index (χ1v) is 8.07. The largest absolute Gasteiger partial charge is 0.349 e. The summed E-state index contributed by atoms with van der Waals surface area (Å²) in [5.41, 5.74) is 1.24. The zero-order valence-electron chi connectivity index (χ0n) is 14.8. The Bertz CT molecular complexity index is 824. The van der Waals surface area contributed by atoms with Crippen molar-refractivity contribution in [1.82, 2.24) is 34.9 Å². The molecule has 138 valence electrons. The van der Waals surface area contributed by atoms with E-state index >= 15 is 0 Å². The minimum Gasteiger partial charge on any atom is -0.349 e. The lowest BCUT2D eigenvalue weighted by Gasteiger charge is -2.13. The van der Waals surface area contributed by atoms with Gasteiger partial charge in [-0.1, -0.05) is 30.3 Å². The van der Waals surface area contributed by atoms with Crippen LogP contribution in [0.4, 0.5) is 0 Å². The maximum atomic E-state index is 4.43. The maximum absolute atomic E-state index is 4.43. The number of nitrogens with one attached hydrogen (secondary N) is 2. The standard InChI is InChI=1S/C17H22N8.HI/c1-18-17(20-10-15-22-13-23-24(15)2)21-11-16-19-8-9-25(16)12-14-6-4-3-5-7-14;/h3-9,13H,10-12H2,1-2H3,(H2,18,20,21);1H. The predicted octanol–water partition coefficient (Wildman–Crippen LogP) is 1.54. The third-order valence-electron chi connectivity index (χ3n) is 3.85.